The molecule has 0 spiro atoms. The summed E-state index contributed by atoms with van der Waals surface area (Å²) in [7, 11) is 0. The van der Waals surface area contributed by atoms with E-state index in [0.717, 1.165) is 0 Å². The molecule has 1 aliphatic rings. The van der Waals surface area contributed by atoms with Crippen molar-refractivity contribution in [3.05, 3.63) is 126 Å². The maximum absolute atomic E-state index is 9.76. The van der Waals surface area contributed by atoms with Crippen LogP contribution >= 0.6 is 0 Å². The van der Waals surface area contributed by atoms with E-state index in [4.69, 9.17) is 0 Å². The molecular weight excluding hydrogens is 408 g/mol. The first kappa shape index (κ1) is 24.1. The van der Waals surface area contributed by atoms with E-state index >= 15 is 0 Å². The average Bonchev–Trinajstić information content (AvgIpc) is 3.41. The molecule has 2 N–H and O–H groups in total. The van der Waals surface area contributed by atoms with Gasteiger partial charge in [0, 0.05) is 22.6 Å². The van der Waals surface area contributed by atoms with Crippen LogP contribution in [0.1, 0.15) is 11.7 Å². The third-order valence-electron chi connectivity index (χ3n) is 3.33. The van der Waals surface area contributed by atoms with Crippen LogP contribution in [0.2, 0.25) is 0 Å². The molecule has 0 amide bonds. The van der Waals surface area contributed by atoms with Crippen molar-refractivity contribution in [2.24, 2.45) is 0 Å². The van der Waals surface area contributed by atoms with Gasteiger partial charge in [0.25, 0.3) is 0 Å². The molecule has 0 aromatic heterocycles. The van der Waals surface area contributed by atoms with Crippen molar-refractivity contribution in [1.82, 2.24) is 0 Å². The van der Waals surface area contributed by atoms with E-state index in [1.54, 1.807) is 24.3 Å². The maximum atomic E-state index is 9.76. The van der Waals surface area contributed by atoms with Crippen LogP contribution in [0.5, 0.6) is 0 Å². The summed E-state index contributed by atoms with van der Waals surface area (Å²) in [6.45, 7) is 0. The second-order valence-electron chi connectivity index (χ2n) is 5.10. The van der Waals surface area contributed by atoms with E-state index in [1.165, 1.54) is 0 Å². The molecule has 4 rings (SSSR count). The second kappa shape index (κ2) is 14.3. The van der Waals surface area contributed by atoms with Gasteiger partial charge in [-0.15, -0.1) is 5.56 Å². The van der Waals surface area contributed by atoms with Crippen LogP contribution in [0.15, 0.2) is 121 Å². The zero-order valence-corrected chi connectivity index (χ0v) is 16.3. The normalized spacial score (nSPS) is 11.8. The summed E-state index contributed by atoms with van der Waals surface area (Å²) in [4.78, 5) is 0. The second-order valence-corrected chi connectivity index (χ2v) is 5.10. The molecule has 2 nitrogen and oxygen atoms in total. The molecule has 26 heavy (non-hydrogen) atoms. The summed E-state index contributed by atoms with van der Waals surface area (Å²) < 4.78 is 0. The summed E-state index contributed by atoms with van der Waals surface area (Å²) in [5.41, 5.74) is 1.38. The first-order chi connectivity index (χ1) is 11.8. The van der Waals surface area contributed by atoms with Gasteiger partial charge in [0.1, 0.15) is 5.76 Å². The molecule has 0 heterocycles. The van der Waals surface area contributed by atoms with Gasteiger partial charge in [-0.25, -0.2) is 36.4 Å². The van der Waals surface area contributed by atoms with Gasteiger partial charge in [0.2, 0.25) is 0 Å². The number of aliphatic hydroxyl groups excluding tert-OH is 2. The minimum Gasteiger partial charge on any atom is -0.510 e. The number of hydrogen-bond acceptors (Lipinski definition) is 2. The van der Waals surface area contributed by atoms with Crippen LogP contribution in [0, 0.1) is 0 Å². The van der Waals surface area contributed by atoms with Gasteiger partial charge in [0.05, 0.1) is 6.10 Å². The fraction of sp³-hybridized carbons (Fsp3) is 0.0455. The summed E-state index contributed by atoms with van der Waals surface area (Å²) in [6, 6.07) is 27.2. The van der Waals surface area contributed by atoms with Gasteiger partial charge < -0.3 is 10.2 Å². The Bertz CT molecular complexity index is 660. The Morgan fingerprint density at radius 3 is 1.58 bits per heavy atom. The van der Waals surface area contributed by atoms with E-state index in [9.17, 15) is 10.2 Å². The first-order valence-corrected chi connectivity index (χ1v) is 7.80. The Balaban J connectivity index is 0.000000432. The van der Waals surface area contributed by atoms with Crippen LogP contribution in [0.3, 0.4) is 0 Å². The summed E-state index contributed by atoms with van der Waals surface area (Å²) in [5.74, 6) is 0.00111. The van der Waals surface area contributed by atoms with E-state index in [1.807, 2.05) is 84.9 Å². The summed E-state index contributed by atoms with van der Waals surface area (Å²) in [6.07, 6.45) is 6.25. The minimum atomic E-state index is -0.924. The van der Waals surface area contributed by atoms with Crippen molar-refractivity contribution in [3.63, 3.8) is 0 Å². The van der Waals surface area contributed by atoms with Crippen LogP contribution in [0.25, 0.3) is 0 Å². The molecule has 0 aliphatic heterocycles. The van der Waals surface area contributed by atoms with Gasteiger partial charge in [-0.2, -0.15) is 48.5 Å². The smallest absolute Gasteiger partial charge is 0.510 e. The van der Waals surface area contributed by atoms with Gasteiger partial charge in [-0.05, 0) is 0 Å². The molecule has 3 aromatic rings. The molecule has 1 aliphatic carbocycles. The van der Waals surface area contributed by atoms with Crippen molar-refractivity contribution in [2.75, 3.05) is 0 Å². The standard InChI is InChI=1S/C12H11O2.2C5H5.2Fe/c13-11(9-5-1-2-6-9)12(14)10-7-3-4-8-10;2*1-2-4-5-3-1;;/h1-8,11,13-14H;2*1-5H;;/q3*-1;;+2. The molecule has 1 unspecified atom stereocenters. The van der Waals surface area contributed by atoms with Gasteiger partial charge >= 0.3 is 17.1 Å². The topological polar surface area (TPSA) is 40.5 Å². The molecule has 0 bridgehead atoms. The molecule has 138 valence electrons. The van der Waals surface area contributed by atoms with E-state index < -0.39 is 6.10 Å². The van der Waals surface area contributed by atoms with Crippen LogP contribution in [0.4, 0.5) is 0 Å². The molecule has 4 heteroatoms. The Morgan fingerprint density at radius 1 is 0.808 bits per heavy atom. The van der Waals surface area contributed by atoms with Crippen molar-refractivity contribution >= 4 is 0 Å². The van der Waals surface area contributed by atoms with Gasteiger partial charge in [-0.1, -0.05) is 24.3 Å². The third kappa shape index (κ3) is 8.44. The average molecular weight is 429 g/mol. The minimum absolute atomic E-state index is 0. The van der Waals surface area contributed by atoms with Gasteiger partial charge in [-0.3, -0.25) is 0 Å². The monoisotopic (exact) mass is 429 g/mol. The molecule has 1 atom stereocenters. The Labute approximate surface area is 176 Å². The Hall–Kier alpha value is -1.93. The fourth-order valence-corrected chi connectivity index (χ4v) is 2.07. The van der Waals surface area contributed by atoms with E-state index in [0.29, 0.717) is 11.1 Å². The van der Waals surface area contributed by atoms with Gasteiger partial charge in [0.15, 0.2) is 0 Å². The van der Waals surface area contributed by atoms with E-state index in [-0.39, 0.29) is 39.9 Å². The zero-order valence-electron chi connectivity index (χ0n) is 14.1. The number of rotatable bonds is 2. The molecular formula is C22H21Fe2O2-. The van der Waals surface area contributed by atoms with E-state index in [2.05, 4.69) is 0 Å². The van der Waals surface area contributed by atoms with Crippen molar-refractivity contribution < 1.29 is 44.4 Å². The maximum Gasteiger partial charge on any atom is 2.00 e. The summed E-state index contributed by atoms with van der Waals surface area (Å²) >= 11 is 0. The van der Waals surface area contributed by atoms with Crippen molar-refractivity contribution in [2.45, 2.75) is 6.10 Å². The zero-order chi connectivity index (χ0) is 17.0. The number of allylic oxidation sites excluding steroid dienone is 5. The molecule has 0 saturated heterocycles. The van der Waals surface area contributed by atoms with Crippen LogP contribution in [-0.2, 0) is 34.1 Å². The van der Waals surface area contributed by atoms with Crippen molar-refractivity contribution in [3.8, 4) is 0 Å². The molecule has 0 saturated carbocycles. The summed E-state index contributed by atoms with van der Waals surface area (Å²) in [5, 5.41) is 19.5. The predicted molar refractivity (Wildman–Crippen MR) is 99.0 cm³/mol. The SMILES string of the molecule is OC(=C1C=CC=C1)C(O)[c-]1cccc1.[Fe+2].[Fe].c1cc[cH-]c1.c1cc[cH-]c1. The fourth-order valence-electron chi connectivity index (χ4n) is 2.07. The largest absolute Gasteiger partial charge is 2.00 e. The quantitative estimate of drug-likeness (QED) is 0.335. The predicted octanol–water partition coefficient (Wildman–Crippen LogP) is 5.18. The van der Waals surface area contributed by atoms with Crippen LogP contribution in [-0.4, -0.2) is 10.2 Å². The third-order valence-corrected chi connectivity index (χ3v) is 3.33. The molecule has 3 aromatic carbocycles. The molecule has 0 radical (unpaired) electrons. The number of aliphatic hydroxyl groups is 2. The van der Waals surface area contributed by atoms with Crippen molar-refractivity contribution in [1.29, 1.82) is 0 Å². The Kier molecular flexibility index (Phi) is 13.2. The van der Waals surface area contributed by atoms with Crippen LogP contribution < -0.4 is 0 Å². The molecule has 0 fully saturated rings. The first-order valence-electron chi connectivity index (χ1n) is 7.80. The number of hydrogen-bond donors (Lipinski definition) is 2. The Morgan fingerprint density at radius 2 is 1.23 bits per heavy atom.